The van der Waals surface area contributed by atoms with Crippen LogP contribution in [-0.4, -0.2) is 35.1 Å². The number of aromatic nitrogens is 2. The van der Waals surface area contributed by atoms with Crippen LogP contribution in [0.1, 0.15) is 13.3 Å². The van der Waals surface area contributed by atoms with Crippen LogP contribution in [0.5, 0.6) is 0 Å². The normalized spacial score (nSPS) is 17.8. The van der Waals surface area contributed by atoms with Crippen molar-refractivity contribution < 1.29 is 13.9 Å². The van der Waals surface area contributed by atoms with Gasteiger partial charge in [0.2, 0.25) is 5.28 Å². The average Bonchev–Trinajstić information content (AvgIpc) is 2.93. The van der Waals surface area contributed by atoms with E-state index in [4.69, 9.17) is 27.9 Å². The summed E-state index contributed by atoms with van der Waals surface area (Å²) in [6.45, 7) is 2.43. The van der Waals surface area contributed by atoms with E-state index in [9.17, 15) is 9.18 Å². The SMILES string of the molecule is CC(=O)O[C@H]1CCN(c2nc(Cl)nc3c(F)c(Br)c(Cl)cc23)C1. The van der Waals surface area contributed by atoms with Gasteiger partial charge < -0.3 is 9.64 Å². The van der Waals surface area contributed by atoms with E-state index in [-0.39, 0.29) is 32.4 Å². The van der Waals surface area contributed by atoms with Gasteiger partial charge in [-0.3, -0.25) is 4.79 Å². The number of hydrogen-bond acceptors (Lipinski definition) is 5. The summed E-state index contributed by atoms with van der Waals surface area (Å²) in [6.07, 6.45) is 0.433. The third-order valence-corrected chi connectivity index (χ3v) is 5.03. The van der Waals surface area contributed by atoms with Crippen LogP contribution in [0.25, 0.3) is 10.9 Å². The Labute approximate surface area is 149 Å². The molecule has 1 fully saturated rings. The Balaban J connectivity index is 2.06. The minimum atomic E-state index is -0.589. The van der Waals surface area contributed by atoms with Gasteiger partial charge in [-0.05, 0) is 33.6 Å². The summed E-state index contributed by atoms with van der Waals surface area (Å²) in [4.78, 5) is 21.1. The molecule has 3 rings (SSSR count). The predicted molar refractivity (Wildman–Crippen MR) is 89.6 cm³/mol. The number of nitrogens with zero attached hydrogens (tertiary/aromatic N) is 3. The number of fused-ring (bicyclic) bond motifs is 1. The molecule has 5 nitrogen and oxygen atoms in total. The van der Waals surface area contributed by atoms with Crippen molar-refractivity contribution >= 4 is 61.8 Å². The third-order valence-electron chi connectivity index (χ3n) is 3.56. The zero-order chi connectivity index (χ0) is 16.7. The molecule has 0 aliphatic carbocycles. The lowest BCUT2D eigenvalue weighted by molar-refractivity contribution is -0.145. The number of benzene rings is 1. The Kier molecular flexibility index (Phi) is 4.62. The summed E-state index contributed by atoms with van der Waals surface area (Å²) in [5.74, 6) is -0.447. The van der Waals surface area contributed by atoms with Crippen LogP contribution < -0.4 is 4.90 Å². The van der Waals surface area contributed by atoms with Gasteiger partial charge >= 0.3 is 5.97 Å². The molecule has 0 radical (unpaired) electrons. The lowest BCUT2D eigenvalue weighted by Gasteiger charge is -2.19. The molecule has 0 saturated carbocycles. The summed E-state index contributed by atoms with van der Waals surface area (Å²) in [5.41, 5.74) is 0.0900. The number of rotatable bonds is 2. The molecule has 9 heteroatoms. The minimum Gasteiger partial charge on any atom is -0.461 e. The molecule has 1 saturated heterocycles. The second-order valence-electron chi connectivity index (χ2n) is 5.16. The Bertz CT molecular complexity index is 805. The zero-order valence-electron chi connectivity index (χ0n) is 11.9. The highest BCUT2D eigenvalue weighted by atomic mass is 79.9. The highest BCUT2D eigenvalue weighted by Crippen LogP contribution is 2.36. The van der Waals surface area contributed by atoms with E-state index in [2.05, 4.69) is 25.9 Å². The minimum absolute atomic E-state index is 0.0587. The van der Waals surface area contributed by atoms with Crippen LogP contribution >= 0.6 is 39.1 Å². The smallest absolute Gasteiger partial charge is 0.302 e. The topological polar surface area (TPSA) is 55.3 Å². The Morgan fingerprint density at radius 2 is 2.22 bits per heavy atom. The Hall–Kier alpha value is -1.18. The van der Waals surface area contributed by atoms with E-state index in [1.165, 1.54) is 6.92 Å². The molecule has 0 spiro atoms. The molecule has 0 N–H and O–H groups in total. The van der Waals surface area contributed by atoms with Crippen molar-refractivity contribution in [3.8, 4) is 0 Å². The molecule has 2 heterocycles. The first-order valence-corrected chi connectivity index (χ1v) is 8.34. The largest absolute Gasteiger partial charge is 0.461 e. The second-order valence-corrected chi connectivity index (χ2v) is 6.70. The molecule has 0 unspecified atom stereocenters. The fourth-order valence-corrected chi connectivity index (χ4v) is 3.28. The van der Waals surface area contributed by atoms with Crippen molar-refractivity contribution in [1.82, 2.24) is 9.97 Å². The molecule has 1 aliphatic heterocycles. The van der Waals surface area contributed by atoms with Crippen LogP contribution in [0.4, 0.5) is 10.2 Å². The predicted octanol–water partition coefficient (Wildman–Crippen LogP) is 3.98. The van der Waals surface area contributed by atoms with E-state index in [0.29, 0.717) is 30.7 Å². The molecular weight excluding hydrogens is 412 g/mol. The second kappa shape index (κ2) is 6.37. The summed E-state index contributed by atoms with van der Waals surface area (Å²) < 4.78 is 19.7. The van der Waals surface area contributed by atoms with Crippen molar-refractivity contribution in [1.29, 1.82) is 0 Å². The first-order valence-electron chi connectivity index (χ1n) is 6.79. The molecule has 1 aromatic heterocycles. The van der Waals surface area contributed by atoms with Crippen molar-refractivity contribution in [2.24, 2.45) is 0 Å². The number of ether oxygens (including phenoxy) is 1. The number of carbonyl (C=O) groups is 1. The van der Waals surface area contributed by atoms with Crippen molar-refractivity contribution in [3.05, 3.63) is 26.7 Å². The maximum Gasteiger partial charge on any atom is 0.302 e. The molecule has 0 amide bonds. The number of anilines is 1. The van der Waals surface area contributed by atoms with Gasteiger partial charge in [-0.1, -0.05) is 11.6 Å². The molecule has 0 bridgehead atoms. The van der Waals surface area contributed by atoms with Crippen molar-refractivity contribution in [2.45, 2.75) is 19.4 Å². The molecule has 2 aromatic rings. The van der Waals surface area contributed by atoms with Gasteiger partial charge in [0.15, 0.2) is 5.82 Å². The van der Waals surface area contributed by atoms with Crippen molar-refractivity contribution in [3.63, 3.8) is 0 Å². The Morgan fingerprint density at radius 3 is 2.91 bits per heavy atom. The van der Waals surface area contributed by atoms with Gasteiger partial charge in [0.25, 0.3) is 0 Å². The highest BCUT2D eigenvalue weighted by Gasteiger charge is 2.28. The fraction of sp³-hybridized carbons (Fsp3) is 0.357. The summed E-state index contributed by atoms with van der Waals surface area (Å²) in [6, 6.07) is 1.59. The quantitative estimate of drug-likeness (QED) is 0.416. The third kappa shape index (κ3) is 3.22. The van der Waals surface area contributed by atoms with Gasteiger partial charge in [-0.15, -0.1) is 0 Å². The maximum absolute atomic E-state index is 14.4. The molecule has 1 atom stereocenters. The van der Waals surface area contributed by atoms with Crippen LogP contribution in [0.2, 0.25) is 10.3 Å². The van der Waals surface area contributed by atoms with E-state index in [1.54, 1.807) is 6.07 Å². The molecule has 1 aliphatic rings. The summed E-state index contributed by atoms with van der Waals surface area (Å²) in [5, 5.41) is 0.623. The van der Waals surface area contributed by atoms with Gasteiger partial charge in [0.1, 0.15) is 17.4 Å². The monoisotopic (exact) mass is 421 g/mol. The van der Waals surface area contributed by atoms with E-state index >= 15 is 0 Å². The summed E-state index contributed by atoms with van der Waals surface area (Å²) >= 11 is 15.1. The maximum atomic E-state index is 14.4. The van der Waals surface area contributed by atoms with E-state index in [0.717, 1.165) is 0 Å². The first kappa shape index (κ1) is 16.7. The fourth-order valence-electron chi connectivity index (χ4n) is 2.62. The number of esters is 1. The first-order chi connectivity index (χ1) is 10.9. The molecule has 23 heavy (non-hydrogen) atoms. The number of carbonyl (C=O) groups excluding carboxylic acids is 1. The Morgan fingerprint density at radius 1 is 1.48 bits per heavy atom. The lowest BCUT2D eigenvalue weighted by atomic mass is 10.2. The lowest BCUT2D eigenvalue weighted by Crippen LogP contribution is -2.25. The van der Waals surface area contributed by atoms with Gasteiger partial charge in [0.05, 0.1) is 16.0 Å². The van der Waals surface area contributed by atoms with E-state index in [1.807, 2.05) is 4.90 Å². The highest BCUT2D eigenvalue weighted by molar-refractivity contribution is 9.10. The van der Waals surface area contributed by atoms with Gasteiger partial charge in [-0.2, -0.15) is 4.98 Å². The van der Waals surface area contributed by atoms with Crippen LogP contribution in [0, 0.1) is 5.82 Å². The zero-order valence-corrected chi connectivity index (χ0v) is 15.0. The van der Waals surface area contributed by atoms with Gasteiger partial charge in [0, 0.05) is 25.3 Å². The van der Waals surface area contributed by atoms with E-state index < -0.39 is 5.82 Å². The van der Waals surface area contributed by atoms with Crippen LogP contribution in [-0.2, 0) is 9.53 Å². The van der Waals surface area contributed by atoms with Crippen LogP contribution in [0.15, 0.2) is 10.5 Å². The molecule has 1 aromatic carbocycles. The van der Waals surface area contributed by atoms with Gasteiger partial charge in [-0.25, -0.2) is 9.37 Å². The number of hydrogen-bond donors (Lipinski definition) is 0. The summed E-state index contributed by atoms with van der Waals surface area (Å²) in [7, 11) is 0. The number of halogens is 4. The molecular formula is C14H11BrCl2FN3O2. The standard InChI is InChI=1S/C14H11BrCl2FN3O2/c1-6(22)23-7-2-3-21(5-7)13-8-4-9(16)10(15)11(18)12(8)19-14(17)20-13/h4,7H,2-3,5H2,1H3/t7-/m0/s1. The van der Waals surface area contributed by atoms with Crippen LogP contribution in [0.3, 0.4) is 0 Å². The molecule has 122 valence electrons. The van der Waals surface area contributed by atoms with Crippen molar-refractivity contribution in [2.75, 3.05) is 18.0 Å². The average molecular weight is 423 g/mol.